The van der Waals surface area contributed by atoms with Gasteiger partial charge in [-0.2, -0.15) is 4.98 Å². The molecule has 4 heterocycles. The van der Waals surface area contributed by atoms with Crippen LogP contribution in [0.25, 0.3) is 10.8 Å². The van der Waals surface area contributed by atoms with E-state index in [0.29, 0.717) is 19.8 Å². The molecule has 3 aliphatic rings. The summed E-state index contributed by atoms with van der Waals surface area (Å²) in [6, 6.07) is 11.9. The van der Waals surface area contributed by atoms with Crippen LogP contribution < -0.4 is 14.7 Å². The van der Waals surface area contributed by atoms with Crippen molar-refractivity contribution in [2.24, 2.45) is 0 Å². The maximum atomic E-state index is 10.7. The van der Waals surface area contributed by atoms with Crippen molar-refractivity contribution in [1.29, 1.82) is 0 Å². The number of ether oxygens (including phenoxy) is 1. The number of rotatable bonds is 5. The molecule has 0 bridgehead atoms. The first-order valence-electron chi connectivity index (χ1n) is 13.0. The molecule has 0 radical (unpaired) electrons. The van der Waals surface area contributed by atoms with E-state index in [-0.39, 0.29) is 5.75 Å². The molecule has 3 aliphatic heterocycles. The van der Waals surface area contributed by atoms with E-state index in [9.17, 15) is 9.90 Å². The summed E-state index contributed by atoms with van der Waals surface area (Å²) in [6.45, 7) is 7.79. The van der Waals surface area contributed by atoms with Crippen LogP contribution in [0.4, 0.5) is 17.5 Å². The Morgan fingerprint density at radius 3 is 2.51 bits per heavy atom. The molecule has 2 aromatic carbocycles. The van der Waals surface area contributed by atoms with Gasteiger partial charge in [0.2, 0.25) is 5.95 Å². The summed E-state index contributed by atoms with van der Waals surface area (Å²) in [4.78, 5) is 30.0. The molecule has 192 valence electrons. The summed E-state index contributed by atoms with van der Waals surface area (Å²) < 4.78 is 5.58. The normalized spacial score (nSPS) is 18.5. The number of benzene rings is 2. The first kappa shape index (κ1) is 23.5. The van der Waals surface area contributed by atoms with Crippen LogP contribution in [0, 0.1) is 0 Å². The maximum absolute atomic E-state index is 10.7. The van der Waals surface area contributed by atoms with Crippen molar-refractivity contribution in [3.8, 4) is 5.75 Å². The number of aldehydes is 1. The first-order valence-corrected chi connectivity index (χ1v) is 13.0. The quantitative estimate of drug-likeness (QED) is 0.420. The molecule has 9 nitrogen and oxygen atoms in total. The van der Waals surface area contributed by atoms with Gasteiger partial charge < -0.3 is 29.4 Å². The Morgan fingerprint density at radius 2 is 1.70 bits per heavy atom. The summed E-state index contributed by atoms with van der Waals surface area (Å²) >= 11 is 0. The molecule has 37 heavy (non-hydrogen) atoms. The van der Waals surface area contributed by atoms with Gasteiger partial charge in [-0.05, 0) is 23.9 Å². The van der Waals surface area contributed by atoms with Gasteiger partial charge in [0.05, 0.1) is 25.5 Å². The molecule has 9 heteroatoms. The number of piperazine rings is 1. The molecule has 0 unspecified atom stereocenters. The second-order valence-electron chi connectivity index (χ2n) is 9.73. The third-order valence-corrected chi connectivity index (χ3v) is 7.48. The second kappa shape index (κ2) is 10.3. The van der Waals surface area contributed by atoms with Gasteiger partial charge in [0.25, 0.3) is 0 Å². The fraction of sp³-hybridized carbons (Fsp3) is 0.393. The van der Waals surface area contributed by atoms with Gasteiger partial charge in [-0.3, -0.25) is 4.79 Å². The molecule has 0 spiro atoms. The molecule has 0 aliphatic carbocycles. The van der Waals surface area contributed by atoms with Crippen LogP contribution in [-0.4, -0.2) is 85.3 Å². The lowest BCUT2D eigenvalue weighted by atomic mass is 10.0. The summed E-state index contributed by atoms with van der Waals surface area (Å²) in [6.07, 6.45) is 5.08. The van der Waals surface area contributed by atoms with Crippen molar-refractivity contribution >= 4 is 34.5 Å². The Kier molecular flexibility index (Phi) is 6.53. The highest BCUT2D eigenvalue weighted by atomic mass is 16.5. The summed E-state index contributed by atoms with van der Waals surface area (Å²) in [5, 5.41) is 12.6. The van der Waals surface area contributed by atoms with Gasteiger partial charge in [0, 0.05) is 74.7 Å². The summed E-state index contributed by atoms with van der Waals surface area (Å²) in [5.74, 6) is 2.08. The van der Waals surface area contributed by atoms with Crippen molar-refractivity contribution < 1.29 is 14.6 Å². The van der Waals surface area contributed by atoms with Crippen LogP contribution >= 0.6 is 0 Å². The van der Waals surface area contributed by atoms with E-state index >= 15 is 0 Å². The topological polar surface area (TPSA) is 85.3 Å². The zero-order chi connectivity index (χ0) is 25.2. The molecule has 2 saturated heterocycles. The minimum absolute atomic E-state index is 0.276. The van der Waals surface area contributed by atoms with E-state index in [1.165, 1.54) is 5.56 Å². The minimum Gasteiger partial charge on any atom is -0.508 e. The highest BCUT2D eigenvalue weighted by molar-refractivity contribution is 5.95. The van der Waals surface area contributed by atoms with Gasteiger partial charge >= 0.3 is 0 Å². The maximum Gasteiger partial charge on any atom is 0.227 e. The number of fused-ring (bicyclic) bond motifs is 2. The fourth-order valence-electron chi connectivity index (χ4n) is 5.55. The second-order valence-corrected chi connectivity index (χ2v) is 9.73. The zero-order valence-corrected chi connectivity index (χ0v) is 20.9. The van der Waals surface area contributed by atoms with E-state index in [2.05, 4.69) is 25.7 Å². The number of morpholine rings is 1. The number of hydrogen-bond donors (Lipinski definition) is 1. The van der Waals surface area contributed by atoms with Crippen LogP contribution in [0.15, 0.2) is 48.7 Å². The van der Waals surface area contributed by atoms with E-state index in [4.69, 9.17) is 14.7 Å². The smallest absolute Gasteiger partial charge is 0.227 e. The number of aromatic nitrogens is 2. The Labute approximate surface area is 216 Å². The molecular weight excluding hydrogens is 468 g/mol. The van der Waals surface area contributed by atoms with E-state index in [1.54, 1.807) is 6.08 Å². The Morgan fingerprint density at radius 1 is 0.892 bits per heavy atom. The molecule has 1 N–H and O–H groups in total. The minimum atomic E-state index is 0.276. The molecule has 6 rings (SSSR count). The monoisotopic (exact) mass is 500 g/mol. The van der Waals surface area contributed by atoms with Crippen molar-refractivity contribution in [2.75, 3.05) is 73.7 Å². The summed E-state index contributed by atoms with van der Waals surface area (Å²) in [7, 11) is 0. The molecule has 2 fully saturated rings. The Balaban J connectivity index is 1.34. The largest absolute Gasteiger partial charge is 0.508 e. The van der Waals surface area contributed by atoms with E-state index in [0.717, 1.165) is 92.4 Å². The van der Waals surface area contributed by atoms with Gasteiger partial charge in [-0.1, -0.05) is 24.3 Å². The molecule has 0 amide bonds. The number of carbonyl (C=O) groups is 1. The number of phenols is 1. The predicted molar refractivity (Wildman–Crippen MR) is 144 cm³/mol. The highest BCUT2D eigenvalue weighted by Crippen LogP contribution is 2.36. The standard InChI is InChI=1S/C28H32N6O3/c35-15-3-7-31-9-11-32(12-10-31)27-24-6-8-34(26-19-22(36)18-21-4-1-2-5-23(21)26)20-25(24)29-28(30-27)33-13-16-37-17-14-33/h1-5,7,15,18-19,36H,6,8-14,16-17,20H2. The third kappa shape index (κ3) is 4.79. The highest BCUT2D eigenvalue weighted by Gasteiger charge is 2.29. The van der Waals surface area contributed by atoms with Crippen molar-refractivity contribution in [3.63, 3.8) is 0 Å². The number of phenolic OH excluding ortho intramolecular Hbond substituents is 1. The Bertz CT molecular complexity index is 1310. The molecular formula is C28H32N6O3. The van der Waals surface area contributed by atoms with Crippen LogP contribution in [0.1, 0.15) is 11.3 Å². The van der Waals surface area contributed by atoms with Crippen molar-refractivity contribution in [3.05, 3.63) is 59.9 Å². The fourth-order valence-corrected chi connectivity index (χ4v) is 5.55. The SMILES string of the molecule is O=CC=CN1CCN(c2nc(N3CCOCC3)nc3c2CCN(c2cc(O)cc4ccccc24)C3)CC1. The number of allylic oxidation sites excluding steroid dienone is 1. The molecule has 1 aromatic heterocycles. The first-order chi connectivity index (χ1) is 18.2. The molecule has 0 saturated carbocycles. The molecule has 0 atom stereocenters. The lowest BCUT2D eigenvalue weighted by Gasteiger charge is -2.39. The van der Waals surface area contributed by atoms with Gasteiger partial charge in [0.15, 0.2) is 0 Å². The third-order valence-electron chi connectivity index (χ3n) is 7.48. The van der Waals surface area contributed by atoms with Gasteiger partial charge in [-0.25, -0.2) is 4.98 Å². The predicted octanol–water partition coefficient (Wildman–Crippen LogP) is 2.57. The van der Waals surface area contributed by atoms with Crippen LogP contribution in [0.3, 0.4) is 0 Å². The van der Waals surface area contributed by atoms with Gasteiger partial charge in [-0.15, -0.1) is 0 Å². The summed E-state index contributed by atoms with van der Waals surface area (Å²) in [5.41, 5.74) is 3.30. The van der Waals surface area contributed by atoms with Crippen LogP contribution in [0.2, 0.25) is 0 Å². The number of nitrogens with zero attached hydrogens (tertiary/aromatic N) is 6. The van der Waals surface area contributed by atoms with Crippen molar-refractivity contribution in [1.82, 2.24) is 14.9 Å². The number of anilines is 3. The van der Waals surface area contributed by atoms with Gasteiger partial charge in [0.1, 0.15) is 17.9 Å². The van der Waals surface area contributed by atoms with E-state index in [1.807, 2.05) is 36.5 Å². The number of hydrogen-bond acceptors (Lipinski definition) is 9. The van der Waals surface area contributed by atoms with Crippen LogP contribution in [0.5, 0.6) is 5.75 Å². The average Bonchev–Trinajstić information content (AvgIpc) is 2.95. The van der Waals surface area contributed by atoms with E-state index < -0.39 is 0 Å². The average molecular weight is 501 g/mol. The van der Waals surface area contributed by atoms with Crippen LogP contribution in [-0.2, 0) is 22.5 Å². The zero-order valence-electron chi connectivity index (χ0n) is 20.9. The number of carbonyl (C=O) groups excluding carboxylic acids is 1. The Hall–Kier alpha value is -3.85. The van der Waals surface area contributed by atoms with Crippen molar-refractivity contribution in [2.45, 2.75) is 13.0 Å². The number of aromatic hydroxyl groups is 1. The lowest BCUT2D eigenvalue weighted by Crippen LogP contribution is -2.46. The molecule has 3 aromatic rings. The lowest BCUT2D eigenvalue weighted by molar-refractivity contribution is -0.104.